The standard InChI is InChI=1S/C20H15F5N2O5/c21-13-6-7-14(19(23)18(13)22)27-15(28)9-26-16(29)10-31-17(30)8-3-11-1-4-12(5-2-11)32-20(24)25/h1-8,20H,9-10H2,(H,26,29)(H,27,28)/b8-3+. The largest absolute Gasteiger partial charge is 0.452 e. The number of ether oxygens (including phenoxy) is 2. The summed E-state index contributed by atoms with van der Waals surface area (Å²) in [5, 5.41) is 4.03. The highest BCUT2D eigenvalue weighted by Gasteiger charge is 2.15. The molecule has 0 radical (unpaired) electrons. The van der Waals surface area contributed by atoms with Crippen molar-refractivity contribution in [2.75, 3.05) is 18.5 Å². The van der Waals surface area contributed by atoms with Crippen LogP contribution in [-0.2, 0) is 19.1 Å². The summed E-state index contributed by atoms with van der Waals surface area (Å²) < 4.78 is 72.4. The van der Waals surface area contributed by atoms with Gasteiger partial charge in [-0.05, 0) is 35.9 Å². The average Bonchev–Trinajstić information content (AvgIpc) is 2.75. The lowest BCUT2D eigenvalue weighted by atomic mass is 10.2. The van der Waals surface area contributed by atoms with Crippen LogP contribution in [0.4, 0.5) is 27.6 Å². The van der Waals surface area contributed by atoms with Crippen molar-refractivity contribution in [1.82, 2.24) is 5.32 Å². The first kappa shape index (κ1) is 24.3. The molecular formula is C20H15F5N2O5. The molecule has 2 aromatic rings. The molecule has 32 heavy (non-hydrogen) atoms. The average molecular weight is 458 g/mol. The predicted octanol–water partition coefficient (Wildman–Crippen LogP) is 3.02. The number of benzene rings is 2. The van der Waals surface area contributed by atoms with E-state index in [1.807, 2.05) is 5.32 Å². The second-order valence-electron chi connectivity index (χ2n) is 5.94. The number of alkyl halides is 2. The molecule has 12 heteroatoms. The lowest BCUT2D eigenvalue weighted by molar-refractivity contribution is -0.143. The molecule has 0 aliphatic heterocycles. The summed E-state index contributed by atoms with van der Waals surface area (Å²) in [6, 6.07) is 6.76. The first-order valence-electron chi connectivity index (χ1n) is 8.75. The van der Waals surface area contributed by atoms with E-state index in [1.54, 1.807) is 0 Å². The highest BCUT2D eigenvalue weighted by molar-refractivity contribution is 5.95. The van der Waals surface area contributed by atoms with Gasteiger partial charge in [-0.3, -0.25) is 9.59 Å². The zero-order valence-corrected chi connectivity index (χ0v) is 16.0. The molecule has 0 spiro atoms. The lowest BCUT2D eigenvalue weighted by Gasteiger charge is -2.08. The second-order valence-corrected chi connectivity index (χ2v) is 5.94. The fourth-order valence-corrected chi connectivity index (χ4v) is 2.16. The van der Waals surface area contributed by atoms with Gasteiger partial charge < -0.3 is 20.1 Å². The van der Waals surface area contributed by atoms with Gasteiger partial charge in [-0.2, -0.15) is 8.78 Å². The molecule has 0 atom stereocenters. The number of amides is 2. The topological polar surface area (TPSA) is 93.7 Å². The maximum atomic E-state index is 13.5. The maximum absolute atomic E-state index is 13.5. The van der Waals surface area contributed by atoms with Gasteiger partial charge in [0.1, 0.15) is 5.75 Å². The van der Waals surface area contributed by atoms with Gasteiger partial charge in [0, 0.05) is 6.08 Å². The Morgan fingerprint density at radius 1 is 0.938 bits per heavy atom. The number of hydrogen-bond donors (Lipinski definition) is 2. The predicted molar refractivity (Wildman–Crippen MR) is 101 cm³/mol. The van der Waals surface area contributed by atoms with E-state index in [1.165, 1.54) is 30.3 Å². The summed E-state index contributed by atoms with van der Waals surface area (Å²) in [6.07, 6.45) is 2.28. The Labute approximate surface area is 177 Å². The molecule has 7 nitrogen and oxygen atoms in total. The highest BCUT2D eigenvalue weighted by atomic mass is 19.3. The van der Waals surface area contributed by atoms with Crippen LogP contribution < -0.4 is 15.4 Å². The van der Waals surface area contributed by atoms with E-state index < -0.39 is 60.7 Å². The Balaban J connectivity index is 1.73. The molecule has 0 bridgehead atoms. The van der Waals surface area contributed by atoms with Crippen molar-refractivity contribution in [1.29, 1.82) is 0 Å². The number of nitrogens with one attached hydrogen (secondary N) is 2. The van der Waals surface area contributed by atoms with E-state index >= 15 is 0 Å². The minimum Gasteiger partial charge on any atom is -0.452 e. The van der Waals surface area contributed by atoms with E-state index in [2.05, 4.69) is 14.8 Å². The summed E-state index contributed by atoms with van der Waals surface area (Å²) in [5.41, 5.74) is -0.150. The summed E-state index contributed by atoms with van der Waals surface area (Å²) >= 11 is 0. The van der Waals surface area contributed by atoms with Crippen LogP contribution in [0.5, 0.6) is 5.75 Å². The third kappa shape index (κ3) is 7.70. The normalized spacial score (nSPS) is 10.8. The van der Waals surface area contributed by atoms with Gasteiger partial charge in [0.15, 0.2) is 24.1 Å². The highest BCUT2D eigenvalue weighted by Crippen LogP contribution is 2.19. The molecule has 2 amide bonds. The van der Waals surface area contributed by atoms with Crippen molar-refractivity contribution in [2.45, 2.75) is 6.61 Å². The van der Waals surface area contributed by atoms with E-state index in [9.17, 15) is 36.3 Å². The van der Waals surface area contributed by atoms with E-state index in [0.29, 0.717) is 11.6 Å². The Morgan fingerprint density at radius 3 is 2.28 bits per heavy atom. The molecule has 0 fully saturated rings. The van der Waals surface area contributed by atoms with Gasteiger partial charge in [-0.1, -0.05) is 12.1 Å². The number of esters is 1. The van der Waals surface area contributed by atoms with Crippen molar-refractivity contribution in [2.24, 2.45) is 0 Å². The van der Waals surface area contributed by atoms with Gasteiger partial charge >= 0.3 is 12.6 Å². The van der Waals surface area contributed by atoms with E-state index in [-0.39, 0.29) is 5.75 Å². The number of hydrogen-bond acceptors (Lipinski definition) is 5. The Kier molecular flexibility index (Phi) is 8.69. The summed E-state index contributed by atoms with van der Waals surface area (Å²) in [6.45, 7) is -4.36. The number of rotatable bonds is 9. The van der Waals surface area contributed by atoms with Gasteiger partial charge in [0.05, 0.1) is 12.2 Å². The first-order valence-corrected chi connectivity index (χ1v) is 8.75. The number of halogens is 5. The van der Waals surface area contributed by atoms with Crippen molar-refractivity contribution < 1.29 is 45.8 Å². The Bertz CT molecular complexity index is 1010. The Hall–Kier alpha value is -3.96. The third-order valence-corrected chi connectivity index (χ3v) is 3.62. The molecule has 0 aliphatic carbocycles. The molecule has 0 saturated heterocycles. The summed E-state index contributed by atoms with van der Waals surface area (Å²) in [5.74, 6) is -7.54. The fraction of sp³-hybridized carbons (Fsp3) is 0.150. The van der Waals surface area contributed by atoms with Crippen molar-refractivity contribution in [3.05, 3.63) is 65.5 Å². The van der Waals surface area contributed by atoms with E-state index in [0.717, 1.165) is 12.1 Å². The summed E-state index contributed by atoms with van der Waals surface area (Å²) in [7, 11) is 0. The van der Waals surface area contributed by atoms with Crippen LogP contribution >= 0.6 is 0 Å². The SMILES string of the molecule is O=C(COC(=O)/C=C/c1ccc(OC(F)F)cc1)NCC(=O)Nc1ccc(F)c(F)c1F. The monoisotopic (exact) mass is 458 g/mol. The molecule has 0 aromatic heterocycles. The van der Waals surface area contributed by atoms with Crippen LogP contribution in [0.25, 0.3) is 6.08 Å². The molecule has 2 aromatic carbocycles. The van der Waals surface area contributed by atoms with E-state index in [4.69, 9.17) is 0 Å². The van der Waals surface area contributed by atoms with Crippen LogP contribution in [-0.4, -0.2) is 37.5 Å². The quantitative estimate of drug-likeness (QED) is 0.261. The molecule has 2 N–H and O–H groups in total. The van der Waals surface area contributed by atoms with Crippen LogP contribution in [0.3, 0.4) is 0 Å². The number of carbonyl (C=O) groups is 3. The molecule has 0 unspecified atom stereocenters. The van der Waals surface area contributed by atoms with Crippen LogP contribution in [0, 0.1) is 17.5 Å². The first-order chi connectivity index (χ1) is 15.2. The lowest BCUT2D eigenvalue weighted by Crippen LogP contribution is -2.35. The summed E-state index contributed by atoms with van der Waals surface area (Å²) in [4.78, 5) is 34.9. The molecule has 0 heterocycles. The molecule has 170 valence electrons. The van der Waals surface area contributed by atoms with Crippen LogP contribution in [0.15, 0.2) is 42.5 Å². The Morgan fingerprint density at radius 2 is 1.62 bits per heavy atom. The third-order valence-electron chi connectivity index (χ3n) is 3.62. The minimum absolute atomic E-state index is 0.0623. The van der Waals surface area contributed by atoms with Gasteiger partial charge in [0.25, 0.3) is 5.91 Å². The number of anilines is 1. The van der Waals surface area contributed by atoms with Crippen LogP contribution in [0.1, 0.15) is 5.56 Å². The van der Waals surface area contributed by atoms with Gasteiger partial charge in [-0.25, -0.2) is 18.0 Å². The maximum Gasteiger partial charge on any atom is 0.387 e. The minimum atomic E-state index is -2.96. The number of carbonyl (C=O) groups excluding carboxylic acids is 3. The van der Waals surface area contributed by atoms with Crippen LogP contribution in [0.2, 0.25) is 0 Å². The van der Waals surface area contributed by atoms with Crippen molar-refractivity contribution >= 4 is 29.5 Å². The zero-order chi connectivity index (χ0) is 23.7. The van der Waals surface area contributed by atoms with Gasteiger partial charge in [0.2, 0.25) is 5.91 Å². The molecular weight excluding hydrogens is 443 g/mol. The molecule has 0 saturated carbocycles. The fourth-order valence-electron chi connectivity index (χ4n) is 2.16. The zero-order valence-electron chi connectivity index (χ0n) is 16.0. The van der Waals surface area contributed by atoms with Crippen molar-refractivity contribution in [3.63, 3.8) is 0 Å². The smallest absolute Gasteiger partial charge is 0.387 e. The van der Waals surface area contributed by atoms with Gasteiger partial charge in [-0.15, -0.1) is 0 Å². The molecule has 2 rings (SSSR count). The second kappa shape index (κ2) is 11.4. The molecule has 0 aliphatic rings. The van der Waals surface area contributed by atoms with Crippen molar-refractivity contribution in [3.8, 4) is 5.75 Å².